The van der Waals surface area contributed by atoms with Crippen molar-refractivity contribution >= 4 is 5.97 Å². The minimum Gasteiger partial charge on any atom is -1.00 e. The summed E-state index contributed by atoms with van der Waals surface area (Å²) in [4.78, 5) is 13.1. The molecule has 1 aromatic heterocycles. The number of hydrogen-bond acceptors (Lipinski definition) is 3. The normalized spacial score (nSPS) is 32.2. The number of esters is 1. The monoisotopic (exact) mass is 511 g/mol. The van der Waals surface area contributed by atoms with E-state index >= 15 is 0 Å². The highest BCUT2D eigenvalue weighted by molar-refractivity contribution is 5.88. The van der Waals surface area contributed by atoms with Gasteiger partial charge in [-0.15, -0.1) is 0 Å². The van der Waals surface area contributed by atoms with Crippen molar-refractivity contribution in [2.24, 2.45) is 23.2 Å². The average molecular weight is 512 g/mol. The summed E-state index contributed by atoms with van der Waals surface area (Å²) in [7, 11) is 0. The summed E-state index contributed by atoms with van der Waals surface area (Å²) in [5, 5.41) is 9.90. The molecule has 0 saturated heterocycles. The van der Waals surface area contributed by atoms with Gasteiger partial charge in [0, 0.05) is 17.4 Å². The van der Waals surface area contributed by atoms with Crippen molar-refractivity contribution in [2.45, 2.75) is 76.9 Å². The lowest BCUT2D eigenvalue weighted by molar-refractivity contribution is -0.700. The highest BCUT2D eigenvalue weighted by atomic mass is 79.9. The summed E-state index contributed by atoms with van der Waals surface area (Å²) < 4.78 is 8.37. The second kappa shape index (κ2) is 8.72. The molecule has 0 radical (unpaired) electrons. The molecule has 3 saturated carbocycles. The first-order chi connectivity index (χ1) is 15.5. The number of nitrogens with zero attached hydrogens (tertiary/aromatic N) is 1. The minimum atomic E-state index is -0.159. The number of phenols is 1. The lowest BCUT2D eigenvalue weighted by atomic mass is 9.55. The highest BCUT2D eigenvalue weighted by Gasteiger charge is 2.56. The first-order valence-electron chi connectivity index (χ1n) is 12.5. The maximum Gasteiger partial charge on any atom is 0.344 e. The lowest BCUT2D eigenvalue weighted by Crippen LogP contribution is -3.00. The Hall–Kier alpha value is -1.88. The molecule has 5 atom stereocenters. The van der Waals surface area contributed by atoms with Crippen LogP contribution in [0, 0.1) is 23.2 Å². The molecular weight excluding hydrogens is 478 g/mol. The molecule has 4 aliphatic carbocycles. The Bertz CT molecular complexity index is 1050. The number of aromatic nitrogens is 1. The quantitative estimate of drug-likeness (QED) is 0.505. The van der Waals surface area contributed by atoms with Gasteiger partial charge in [-0.05, 0) is 98.4 Å². The first-order valence-corrected chi connectivity index (χ1v) is 12.5. The molecule has 3 fully saturated rings. The van der Waals surface area contributed by atoms with Crippen molar-refractivity contribution in [3.63, 3.8) is 0 Å². The number of aryl methyl sites for hydroxylation is 1. The van der Waals surface area contributed by atoms with Gasteiger partial charge in [0.15, 0.2) is 18.9 Å². The van der Waals surface area contributed by atoms with Crippen LogP contribution in [0.15, 0.2) is 42.7 Å². The van der Waals surface area contributed by atoms with Gasteiger partial charge >= 0.3 is 5.97 Å². The van der Waals surface area contributed by atoms with Crippen LogP contribution < -0.4 is 21.5 Å². The molecule has 1 N–H and O–H groups in total. The largest absolute Gasteiger partial charge is 1.00 e. The molecule has 1 heterocycles. The standard InChI is InChI=1S/C28H33NO3.BrH/c1-28-13-12-23-22-9-7-21(30)15-19(22)6-8-24(23)25(28)10-11-26(28)32-27(31)20-3-2-14-29(17-20)16-18-4-5-18;/h2-3,7,9,14-15,17-18,23-26H,4-6,8,10-13,16H2,1H3;1H/t23-,24-,25+,26-,28+;/m1./s1. The number of pyridine rings is 1. The Morgan fingerprint density at radius 1 is 1.15 bits per heavy atom. The second-order valence-corrected chi connectivity index (χ2v) is 11.0. The molecule has 2 aromatic rings. The van der Waals surface area contributed by atoms with Crippen molar-refractivity contribution < 1.29 is 36.2 Å². The maximum absolute atomic E-state index is 13.1. The third-order valence-corrected chi connectivity index (χ3v) is 9.13. The first kappa shape index (κ1) is 22.9. The van der Waals surface area contributed by atoms with Crippen LogP contribution in [-0.2, 0) is 17.7 Å². The van der Waals surface area contributed by atoms with E-state index in [-0.39, 0.29) is 34.5 Å². The van der Waals surface area contributed by atoms with Crippen LogP contribution in [0.5, 0.6) is 5.75 Å². The fraction of sp³-hybridized carbons (Fsp3) is 0.571. The molecule has 1 aromatic carbocycles. The number of rotatable bonds is 4. The smallest absolute Gasteiger partial charge is 0.344 e. The summed E-state index contributed by atoms with van der Waals surface area (Å²) in [6.45, 7) is 3.39. The fourth-order valence-corrected chi connectivity index (χ4v) is 7.27. The predicted molar refractivity (Wildman–Crippen MR) is 121 cm³/mol. The summed E-state index contributed by atoms with van der Waals surface area (Å²) in [5.41, 5.74) is 3.54. The Morgan fingerprint density at radius 2 is 2.00 bits per heavy atom. The van der Waals surface area contributed by atoms with Crippen molar-refractivity contribution in [3.8, 4) is 5.75 Å². The number of aromatic hydroxyl groups is 1. The topological polar surface area (TPSA) is 50.4 Å². The van der Waals surface area contributed by atoms with Crippen molar-refractivity contribution in [3.05, 3.63) is 59.4 Å². The van der Waals surface area contributed by atoms with Gasteiger partial charge in [-0.1, -0.05) is 13.0 Å². The summed E-state index contributed by atoms with van der Waals surface area (Å²) in [5.74, 6) is 2.86. The van der Waals surface area contributed by atoms with Gasteiger partial charge in [0.2, 0.25) is 0 Å². The van der Waals surface area contributed by atoms with E-state index < -0.39 is 0 Å². The maximum atomic E-state index is 13.1. The molecule has 0 unspecified atom stereocenters. The molecule has 176 valence electrons. The van der Waals surface area contributed by atoms with Crippen molar-refractivity contribution in [1.82, 2.24) is 0 Å². The van der Waals surface area contributed by atoms with E-state index in [4.69, 9.17) is 4.74 Å². The SMILES string of the molecule is C[C@]12CC[C@@H]3c4ccc(O)cc4CC[C@H]3[C@@H]1CC[C@H]2OC(=O)c1ccc[n+](CC2CC2)c1.[Br-]. The molecule has 5 heteroatoms. The molecule has 0 amide bonds. The number of benzene rings is 1. The Balaban J connectivity index is 0.00000228. The van der Waals surface area contributed by atoms with Crippen LogP contribution in [0.1, 0.15) is 79.3 Å². The van der Waals surface area contributed by atoms with Crippen LogP contribution in [0.3, 0.4) is 0 Å². The second-order valence-electron chi connectivity index (χ2n) is 11.0. The third-order valence-electron chi connectivity index (χ3n) is 9.13. The van der Waals surface area contributed by atoms with Crippen molar-refractivity contribution in [2.75, 3.05) is 0 Å². The Kier molecular flexibility index (Phi) is 6.05. The third kappa shape index (κ3) is 4.11. The van der Waals surface area contributed by atoms with Gasteiger partial charge in [0.1, 0.15) is 17.4 Å². The predicted octanol–water partition coefficient (Wildman–Crippen LogP) is 2.18. The van der Waals surface area contributed by atoms with Crippen LogP contribution >= 0.6 is 0 Å². The highest BCUT2D eigenvalue weighted by Crippen LogP contribution is 2.61. The number of carbonyl (C=O) groups is 1. The summed E-state index contributed by atoms with van der Waals surface area (Å²) in [6, 6.07) is 9.84. The molecular formula is C28H34BrNO3. The molecule has 4 nitrogen and oxygen atoms in total. The zero-order chi connectivity index (χ0) is 21.9. The zero-order valence-electron chi connectivity index (χ0n) is 19.4. The molecule has 0 spiro atoms. The Labute approximate surface area is 207 Å². The van der Waals surface area contributed by atoms with Gasteiger partial charge in [-0.25, -0.2) is 9.36 Å². The Morgan fingerprint density at radius 3 is 2.82 bits per heavy atom. The molecule has 0 bridgehead atoms. The number of halogens is 1. The van der Waals surface area contributed by atoms with E-state index in [2.05, 4.69) is 23.8 Å². The number of phenolic OH excluding ortho intramolecular Hbond substituents is 1. The van der Waals surface area contributed by atoms with Gasteiger partial charge in [-0.2, -0.15) is 0 Å². The summed E-state index contributed by atoms with van der Waals surface area (Å²) in [6.07, 6.45) is 13.3. The van der Waals surface area contributed by atoms with Crippen LogP contribution in [0.2, 0.25) is 0 Å². The van der Waals surface area contributed by atoms with Crippen LogP contribution in [0.25, 0.3) is 0 Å². The van der Waals surface area contributed by atoms with Gasteiger partial charge in [-0.3, -0.25) is 0 Å². The number of ether oxygens (including phenoxy) is 1. The average Bonchev–Trinajstić information content (AvgIpc) is 3.54. The molecule has 6 rings (SSSR count). The summed E-state index contributed by atoms with van der Waals surface area (Å²) >= 11 is 0. The molecule has 0 aliphatic heterocycles. The lowest BCUT2D eigenvalue weighted by Gasteiger charge is -2.50. The zero-order valence-corrected chi connectivity index (χ0v) is 21.0. The van der Waals surface area contributed by atoms with E-state index in [1.807, 2.05) is 30.5 Å². The fourth-order valence-electron chi connectivity index (χ4n) is 7.27. The van der Waals surface area contributed by atoms with Crippen LogP contribution in [-0.4, -0.2) is 17.2 Å². The molecule has 33 heavy (non-hydrogen) atoms. The van der Waals surface area contributed by atoms with Gasteiger partial charge < -0.3 is 26.8 Å². The van der Waals surface area contributed by atoms with Crippen molar-refractivity contribution in [1.29, 1.82) is 0 Å². The number of hydrogen-bond donors (Lipinski definition) is 1. The van der Waals surface area contributed by atoms with Crippen LogP contribution in [0.4, 0.5) is 0 Å². The number of carbonyl (C=O) groups excluding carboxylic acids is 1. The van der Waals surface area contributed by atoms with Gasteiger partial charge in [0.05, 0.1) is 0 Å². The van der Waals surface area contributed by atoms with E-state index in [1.54, 1.807) is 0 Å². The van der Waals surface area contributed by atoms with E-state index in [0.717, 1.165) is 44.6 Å². The van der Waals surface area contributed by atoms with E-state index in [0.29, 0.717) is 29.1 Å². The number of fused-ring (bicyclic) bond motifs is 5. The molecule has 4 aliphatic rings. The minimum absolute atomic E-state index is 0. The van der Waals surface area contributed by atoms with E-state index in [1.165, 1.54) is 30.4 Å². The van der Waals surface area contributed by atoms with Gasteiger partial charge in [0.25, 0.3) is 0 Å². The van der Waals surface area contributed by atoms with E-state index in [9.17, 15) is 9.90 Å².